The maximum atomic E-state index is 12.6. The smallest absolute Gasteiger partial charge is 0.341 e. The molecule has 2 aliphatic rings. The maximum Gasteiger partial charge on any atom is 0.341 e. The molecule has 3 rings (SSSR count). The molecule has 166 valence electrons. The van der Waals surface area contributed by atoms with Crippen LogP contribution in [0.25, 0.3) is 0 Å². The van der Waals surface area contributed by atoms with E-state index < -0.39 is 18.0 Å². The Morgan fingerprint density at radius 1 is 1.20 bits per heavy atom. The van der Waals surface area contributed by atoms with E-state index in [4.69, 9.17) is 9.47 Å². The van der Waals surface area contributed by atoms with Crippen LogP contribution in [-0.4, -0.2) is 67.0 Å². The zero-order valence-corrected chi connectivity index (χ0v) is 18.1. The predicted molar refractivity (Wildman–Crippen MR) is 113 cm³/mol. The highest BCUT2D eigenvalue weighted by Crippen LogP contribution is 2.27. The van der Waals surface area contributed by atoms with Crippen molar-refractivity contribution in [1.29, 1.82) is 0 Å². The summed E-state index contributed by atoms with van der Waals surface area (Å²) in [6, 6.07) is 1.99. The number of hydrogen-bond acceptors (Lipinski definition) is 8. The molecule has 1 aromatic heterocycles. The lowest BCUT2D eigenvalue weighted by Gasteiger charge is -2.40. The van der Waals surface area contributed by atoms with Crippen molar-refractivity contribution in [3.8, 4) is 0 Å². The average Bonchev–Trinajstić information content (AvgIpc) is 2.75. The topological polar surface area (TPSA) is 101 Å². The molecular formula is C22H33N3O5. The number of esters is 2. The molecule has 2 unspecified atom stereocenters. The lowest BCUT2D eigenvalue weighted by Crippen LogP contribution is -2.55. The number of nitrogens with one attached hydrogen (secondary N) is 1. The van der Waals surface area contributed by atoms with Crippen LogP contribution in [0.3, 0.4) is 0 Å². The summed E-state index contributed by atoms with van der Waals surface area (Å²) in [4.78, 5) is 31.1. The Labute approximate surface area is 177 Å². The number of carbonyl (C=O) groups excluding carboxylic acids is 2. The van der Waals surface area contributed by atoms with E-state index in [9.17, 15) is 14.7 Å². The summed E-state index contributed by atoms with van der Waals surface area (Å²) in [5.74, 6) is -0.650. The molecule has 1 aliphatic heterocycles. The first-order valence-electron chi connectivity index (χ1n) is 10.9. The van der Waals surface area contributed by atoms with Crippen LogP contribution in [0.4, 0.5) is 5.82 Å². The molecule has 30 heavy (non-hydrogen) atoms. The first-order chi connectivity index (χ1) is 14.4. The second-order valence-electron chi connectivity index (χ2n) is 8.11. The van der Waals surface area contributed by atoms with E-state index in [-0.39, 0.29) is 23.8 Å². The van der Waals surface area contributed by atoms with Crippen LogP contribution in [0.2, 0.25) is 0 Å². The van der Waals surface area contributed by atoms with Crippen molar-refractivity contribution >= 4 is 17.8 Å². The fourth-order valence-corrected chi connectivity index (χ4v) is 4.40. The van der Waals surface area contributed by atoms with Gasteiger partial charge in [0.15, 0.2) is 0 Å². The number of ether oxygens (including phenoxy) is 2. The van der Waals surface area contributed by atoms with Gasteiger partial charge in [0.05, 0.1) is 31.1 Å². The Morgan fingerprint density at radius 2 is 1.93 bits per heavy atom. The number of aromatic nitrogens is 1. The lowest BCUT2D eigenvalue weighted by atomic mass is 9.92. The summed E-state index contributed by atoms with van der Waals surface area (Å²) < 4.78 is 9.99. The fourth-order valence-electron chi connectivity index (χ4n) is 4.40. The Balaban J connectivity index is 1.79. The molecule has 0 radical (unpaired) electrons. The van der Waals surface area contributed by atoms with Gasteiger partial charge in [-0.25, -0.2) is 14.6 Å². The monoisotopic (exact) mass is 419 g/mol. The highest BCUT2D eigenvalue weighted by Gasteiger charge is 2.33. The van der Waals surface area contributed by atoms with E-state index in [1.807, 2.05) is 4.90 Å². The van der Waals surface area contributed by atoms with Crippen LogP contribution in [0, 0.1) is 6.92 Å². The SMILES string of the molecule is CCOC(=O)c1cc(C(=O)OC)c(C)nc1N1CCC(NC2CCCCC2)C(O)C1. The standard InChI is InChI=1S/C22H33N3O5/c1-4-30-22(28)17-12-16(21(27)29-3)14(2)23-20(17)25-11-10-18(19(26)13-25)24-15-8-6-5-7-9-15/h12,15,18-19,24,26H,4-11,13H2,1-3H3. The highest BCUT2D eigenvalue weighted by molar-refractivity contribution is 5.99. The van der Waals surface area contributed by atoms with E-state index in [0.717, 1.165) is 19.3 Å². The van der Waals surface area contributed by atoms with Gasteiger partial charge in [-0.05, 0) is 39.2 Å². The van der Waals surface area contributed by atoms with E-state index in [1.54, 1.807) is 13.8 Å². The Morgan fingerprint density at radius 3 is 2.57 bits per heavy atom. The molecule has 1 aromatic rings. The van der Waals surface area contributed by atoms with Crippen molar-refractivity contribution in [3.63, 3.8) is 0 Å². The van der Waals surface area contributed by atoms with E-state index in [1.165, 1.54) is 32.4 Å². The molecular weight excluding hydrogens is 386 g/mol. The van der Waals surface area contributed by atoms with Gasteiger partial charge in [0.25, 0.3) is 0 Å². The number of methoxy groups -OCH3 is 1. The van der Waals surface area contributed by atoms with Crippen LogP contribution in [0.1, 0.15) is 71.9 Å². The van der Waals surface area contributed by atoms with Crippen LogP contribution < -0.4 is 10.2 Å². The summed E-state index contributed by atoms with van der Waals surface area (Å²) >= 11 is 0. The largest absolute Gasteiger partial charge is 0.465 e. The third kappa shape index (κ3) is 5.10. The number of nitrogens with zero attached hydrogens (tertiary/aromatic N) is 2. The molecule has 0 spiro atoms. The van der Waals surface area contributed by atoms with Crippen molar-refractivity contribution in [1.82, 2.24) is 10.3 Å². The van der Waals surface area contributed by atoms with Gasteiger partial charge in [-0.2, -0.15) is 0 Å². The molecule has 0 bridgehead atoms. The van der Waals surface area contributed by atoms with E-state index in [2.05, 4.69) is 10.3 Å². The minimum Gasteiger partial charge on any atom is -0.465 e. The highest BCUT2D eigenvalue weighted by atomic mass is 16.5. The maximum absolute atomic E-state index is 12.6. The Hall–Kier alpha value is -2.19. The number of β-amino-alcohol motifs (C(OH)–C–C–N with tert-alkyl or cyclic N) is 1. The second kappa shape index (κ2) is 10.2. The van der Waals surface area contributed by atoms with Crippen LogP contribution in [0.15, 0.2) is 6.07 Å². The Kier molecular flexibility index (Phi) is 7.66. The number of pyridine rings is 1. The van der Waals surface area contributed by atoms with Gasteiger partial charge < -0.3 is 24.8 Å². The minimum absolute atomic E-state index is 0.0332. The molecule has 2 fully saturated rings. The minimum atomic E-state index is -0.571. The number of rotatable bonds is 6. The van der Waals surface area contributed by atoms with Crippen LogP contribution >= 0.6 is 0 Å². The molecule has 0 aromatic carbocycles. The molecule has 2 N–H and O–H groups in total. The van der Waals surface area contributed by atoms with Gasteiger partial charge in [0.2, 0.25) is 0 Å². The number of piperidine rings is 1. The van der Waals surface area contributed by atoms with Gasteiger partial charge in [0.1, 0.15) is 11.4 Å². The van der Waals surface area contributed by atoms with E-state index >= 15 is 0 Å². The summed E-state index contributed by atoms with van der Waals surface area (Å²) in [5, 5.41) is 14.4. The number of anilines is 1. The predicted octanol–water partition coefficient (Wildman–Crippen LogP) is 2.22. The summed E-state index contributed by atoms with van der Waals surface area (Å²) in [6.45, 7) is 4.67. The summed E-state index contributed by atoms with van der Waals surface area (Å²) in [7, 11) is 1.29. The number of aliphatic hydroxyl groups excluding tert-OH is 1. The Bertz CT molecular complexity index is 763. The summed E-state index contributed by atoms with van der Waals surface area (Å²) in [5.41, 5.74) is 0.925. The summed E-state index contributed by atoms with van der Waals surface area (Å²) in [6.07, 6.45) is 6.28. The first kappa shape index (κ1) is 22.5. The van der Waals surface area contributed by atoms with Crippen LogP contribution in [-0.2, 0) is 9.47 Å². The van der Waals surface area contributed by atoms with Gasteiger partial charge in [0, 0.05) is 25.2 Å². The third-order valence-corrected chi connectivity index (χ3v) is 6.03. The van der Waals surface area contributed by atoms with Gasteiger partial charge in [-0.3, -0.25) is 0 Å². The molecule has 1 aliphatic carbocycles. The van der Waals surface area contributed by atoms with Gasteiger partial charge in [-0.15, -0.1) is 0 Å². The number of aryl methyl sites for hydroxylation is 1. The quantitative estimate of drug-likeness (QED) is 0.677. The molecule has 2 heterocycles. The third-order valence-electron chi connectivity index (χ3n) is 6.03. The number of hydrogen-bond donors (Lipinski definition) is 2. The molecule has 2 atom stereocenters. The number of carbonyl (C=O) groups is 2. The van der Waals surface area contributed by atoms with Crippen LogP contribution in [0.5, 0.6) is 0 Å². The van der Waals surface area contributed by atoms with Crippen molar-refractivity contribution in [2.24, 2.45) is 0 Å². The number of aliphatic hydroxyl groups is 1. The molecule has 8 heteroatoms. The lowest BCUT2D eigenvalue weighted by molar-refractivity contribution is 0.0525. The molecule has 0 amide bonds. The zero-order chi connectivity index (χ0) is 21.7. The first-order valence-corrected chi connectivity index (χ1v) is 10.9. The van der Waals surface area contributed by atoms with Crippen molar-refractivity contribution in [2.45, 2.75) is 70.6 Å². The fraction of sp³-hybridized carbons (Fsp3) is 0.682. The zero-order valence-electron chi connectivity index (χ0n) is 18.1. The van der Waals surface area contributed by atoms with E-state index in [0.29, 0.717) is 30.6 Å². The normalized spacial score (nSPS) is 22.6. The van der Waals surface area contributed by atoms with Crippen molar-refractivity contribution < 1.29 is 24.2 Å². The van der Waals surface area contributed by atoms with Gasteiger partial charge in [-0.1, -0.05) is 19.3 Å². The van der Waals surface area contributed by atoms with Crippen molar-refractivity contribution in [2.75, 3.05) is 31.7 Å². The molecule has 1 saturated carbocycles. The average molecular weight is 420 g/mol. The van der Waals surface area contributed by atoms with Crippen molar-refractivity contribution in [3.05, 3.63) is 22.9 Å². The second-order valence-corrected chi connectivity index (χ2v) is 8.11. The van der Waals surface area contributed by atoms with Gasteiger partial charge >= 0.3 is 11.9 Å². The molecule has 1 saturated heterocycles. The molecule has 8 nitrogen and oxygen atoms in total.